The van der Waals surface area contributed by atoms with Crippen LogP contribution in [0.1, 0.15) is 25.3 Å². The number of carbonyl (C=O) groups is 1. The Morgan fingerprint density at radius 3 is 2.68 bits per heavy atom. The highest BCUT2D eigenvalue weighted by Gasteiger charge is 2.20. The summed E-state index contributed by atoms with van der Waals surface area (Å²) in [6, 6.07) is 10.2. The first-order chi connectivity index (χ1) is 10.3. The number of hydrogen-bond donors (Lipinski definition) is 2. The molecule has 0 aliphatic carbocycles. The van der Waals surface area contributed by atoms with Crippen LogP contribution in [0, 0.1) is 11.8 Å². The normalized spacial score (nSPS) is 16.6. The number of benzene rings is 1. The Morgan fingerprint density at radius 2 is 2.00 bits per heavy atom. The lowest BCUT2D eigenvalue weighted by Gasteiger charge is -2.22. The lowest BCUT2D eigenvalue weighted by molar-refractivity contribution is -0.126. The largest absolute Gasteiger partial charge is 0.376 e. The van der Waals surface area contributed by atoms with Crippen LogP contribution in [0.2, 0.25) is 0 Å². The van der Waals surface area contributed by atoms with E-state index in [1.165, 1.54) is 5.56 Å². The van der Waals surface area contributed by atoms with E-state index in [0.717, 1.165) is 25.9 Å². The fourth-order valence-electron chi connectivity index (χ4n) is 2.51. The molecule has 1 fully saturated rings. The predicted octanol–water partition coefficient (Wildman–Crippen LogP) is 2.38. The third kappa shape index (κ3) is 6.77. The number of ether oxygens (including phenoxy) is 1. The van der Waals surface area contributed by atoms with Gasteiger partial charge >= 0.3 is 0 Å². The molecule has 1 amide bonds. The summed E-state index contributed by atoms with van der Waals surface area (Å²) < 4.78 is 5.70. The Balaban J connectivity index is 0.00000242. The fourth-order valence-corrected chi connectivity index (χ4v) is 2.51. The van der Waals surface area contributed by atoms with Gasteiger partial charge in [0.05, 0.1) is 13.2 Å². The lowest BCUT2D eigenvalue weighted by Crippen LogP contribution is -2.40. The summed E-state index contributed by atoms with van der Waals surface area (Å²) in [5.74, 6) is 0.717. The minimum Gasteiger partial charge on any atom is -0.376 e. The molecule has 1 unspecified atom stereocenters. The molecule has 2 rings (SSSR count). The number of amides is 1. The van der Waals surface area contributed by atoms with Crippen molar-refractivity contribution >= 4 is 18.3 Å². The second kappa shape index (κ2) is 10.6. The highest BCUT2D eigenvalue weighted by atomic mass is 35.5. The molecule has 5 heteroatoms. The Hall–Kier alpha value is -1.10. The molecule has 0 radical (unpaired) electrons. The van der Waals surface area contributed by atoms with Gasteiger partial charge in [-0.25, -0.2) is 0 Å². The highest BCUT2D eigenvalue weighted by molar-refractivity contribution is 5.85. The van der Waals surface area contributed by atoms with Gasteiger partial charge in [-0.2, -0.15) is 0 Å². The molecule has 2 N–H and O–H groups in total. The summed E-state index contributed by atoms with van der Waals surface area (Å²) in [4.78, 5) is 12.0. The summed E-state index contributed by atoms with van der Waals surface area (Å²) in [6.07, 6.45) is 1.90. The first-order valence-electron chi connectivity index (χ1n) is 7.86. The molecule has 0 saturated carbocycles. The molecular weight excluding hydrogens is 300 g/mol. The van der Waals surface area contributed by atoms with Crippen molar-refractivity contribution in [3.63, 3.8) is 0 Å². The van der Waals surface area contributed by atoms with Crippen molar-refractivity contribution in [2.24, 2.45) is 11.8 Å². The zero-order chi connectivity index (χ0) is 14.9. The Labute approximate surface area is 139 Å². The van der Waals surface area contributed by atoms with Crippen molar-refractivity contribution in [2.75, 3.05) is 26.2 Å². The topological polar surface area (TPSA) is 50.4 Å². The van der Waals surface area contributed by atoms with Gasteiger partial charge in [0, 0.05) is 12.5 Å². The first kappa shape index (κ1) is 18.9. The van der Waals surface area contributed by atoms with Crippen LogP contribution in [-0.2, 0) is 16.1 Å². The number of rotatable bonds is 7. The average Bonchev–Trinajstić information content (AvgIpc) is 2.54. The molecule has 124 valence electrons. The van der Waals surface area contributed by atoms with Gasteiger partial charge < -0.3 is 15.4 Å². The molecule has 1 saturated heterocycles. The number of nitrogens with one attached hydrogen (secondary N) is 2. The third-order valence-electron chi connectivity index (χ3n) is 3.85. The van der Waals surface area contributed by atoms with Crippen molar-refractivity contribution in [3.8, 4) is 0 Å². The molecule has 1 aromatic rings. The van der Waals surface area contributed by atoms with Gasteiger partial charge in [0.25, 0.3) is 0 Å². The standard InChI is InChI=1S/C17H26N2O2.ClH/c1-14(12-21-13-15-5-3-2-4-6-15)11-19-17(20)16-7-9-18-10-8-16;/h2-6,14,16,18H,7-13H2,1H3,(H,19,20);1H. The van der Waals surface area contributed by atoms with Crippen molar-refractivity contribution in [2.45, 2.75) is 26.4 Å². The third-order valence-corrected chi connectivity index (χ3v) is 3.85. The zero-order valence-electron chi connectivity index (χ0n) is 13.2. The molecule has 22 heavy (non-hydrogen) atoms. The van der Waals surface area contributed by atoms with E-state index in [1.54, 1.807) is 0 Å². The van der Waals surface area contributed by atoms with Crippen LogP contribution >= 0.6 is 12.4 Å². The number of carbonyl (C=O) groups excluding carboxylic acids is 1. The van der Waals surface area contributed by atoms with Crippen molar-refractivity contribution in [3.05, 3.63) is 35.9 Å². The smallest absolute Gasteiger partial charge is 0.223 e. The maximum atomic E-state index is 12.0. The van der Waals surface area contributed by atoms with Crippen molar-refractivity contribution in [1.82, 2.24) is 10.6 Å². The maximum Gasteiger partial charge on any atom is 0.223 e. The van der Waals surface area contributed by atoms with Crippen LogP contribution < -0.4 is 10.6 Å². The van der Waals surface area contributed by atoms with Crippen LogP contribution in [-0.4, -0.2) is 32.1 Å². The van der Waals surface area contributed by atoms with Gasteiger partial charge in [-0.3, -0.25) is 4.79 Å². The quantitative estimate of drug-likeness (QED) is 0.809. The summed E-state index contributed by atoms with van der Waals surface area (Å²) in [6.45, 7) is 6.00. The van der Waals surface area contributed by atoms with E-state index in [2.05, 4.69) is 29.7 Å². The minimum absolute atomic E-state index is 0. The molecule has 1 aliphatic heterocycles. The van der Waals surface area contributed by atoms with Crippen LogP contribution in [0.15, 0.2) is 30.3 Å². The van der Waals surface area contributed by atoms with Gasteiger partial charge in [-0.15, -0.1) is 12.4 Å². The van der Waals surface area contributed by atoms with E-state index in [-0.39, 0.29) is 24.2 Å². The summed E-state index contributed by atoms with van der Waals surface area (Å²) >= 11 is 0. The summed E-state index contributed by atoms with van der Waals surface area (Å²) in [5, 5.41) is 6.33. The molecule has 0 aromatic heterocycles. The fraction of sp³-hybridized carbons (Fsp3) is 0.588. The van der Waals surface area contributed by atoms with Crippen LogP contribution in [0.25, 0.3) is 0 Å². The molecule has 0 bridgehead atoms. The van der Waals surface area contributed by atoms with E-state index in [9.17, 15) is 4.79 Å². The van der Waals surface area contributed by atoms with Gasteiger partial charge in [0.1, 0.15) is 0 Å². The first-order valence-corrected chi connectivity index (χ1v) is 7.86. The lowest BCUT2D eigenvalue weighted by atomic mass is 9.97. The van der Waals surface area contributed by atoms with Gasteiger partial charge in [-0.05, 0) is 37.4 Å². The second-order valence-electron chi connectivity index (χ2n) is 5.88. The molecule has 1 atom stereocenters. The molecule has 1 heterocycles. The van der Waals surface area contributed by atoms with E-state index < -0.39 is 0 Å². The molecule has 4 nitrogen and oxygen atoms in total. The van der Waals surface area contributed by atoms with Crippen molar-refractivity contribution < 1.29 is 9.53 Å². The Morgan fingerprint density at radius 1 is 1.32 bits per heavy atom. The summed E-state index contributed by atoms with van der Waals surface area (Å²) in [5.41, 5.74) is 1.18. The van der Waals surface area contributed by atoms with E-state index in [0.29, 0.717) is 25.7 Å². The molecule has 1 aromatic carbocycles. The second-order valence-corrected chi connectivity index (χ2v) is 5.88. The van der Waals surface area contributed by atoms with E-state index >= 15 is 0 Å². The van der Waals surface area contributed by atoms with Crippen LogP contribution in [0.5, 0.6) is 0 Å². The van der Waals surface area contributed by atoms with Gasteiger partial charge in [0.2, 0.25) is 5.91 Å². The zero-order valence-corrected chi connectivity index (χ0v) is 14.0. The maximum absolute atomic E-state index is 12.0. The summed E-state index contributed by atoms with van der Waals surface area (Å²) in [7, 11) is 0. The van der Waals surface area contributed by atoms with Gasteiger partial charge in [0.15, 0.2) is 0 Å². The number of hydrogen-bond acceptors (Lipinski definition) is 3. The van der Waals surface area contributed by atoms with E-state index in [4.69, 9.17) is 4.74 Å². The molecule has 1 aliphatic rings. The highest BCUT2D eigenvalue weighted by Crippen LogP contribution is 2.11. The monoisotopic (exact) mass is 326 g/mol. The SMILES string of the molecule is CC(CNC(=O)C1CCNCC1)COCc1ccccc1.Cl. The average molecular weight is 327 g/mol. The number of piperidine rings is 1. The van der Waals surface area contributed by atoms with Crippen LogP contribution in [0.4, 0.5) is 0 Å². The Bertz CT molecular complexity index is 422. The Kier molecular flexibility index (Phi) is 9.13. The molecule has 0 spiro atoms. The van der Waals surface area contributed by atoms with Crippen LogP contribution in [0.3, 0.4) is 0 Å². The molecular formula is C17H27ClN2O2. The number of halogens is 1. The van der Waals surface area contributed by atoms with Gasteiger partial charge in [-0.1, -0.05) is 37.3 Å². The predicted molar refractivity (Wildman–Crippen MR) is 91.1 cm³/mol. The van der Waals surface area contributed by atoms with Crippen molar-refractivity contribution in [1.29, 1.82) is 0 Å². The minimum atomic E-state index is 0. The van der Waals surface area contributed by atoms with E-state index in [1.807, 2.05) is 18.2 Å².